The Kier molecular flexibility index (Phi) is 1.74. The van der Waals surface area contributed by atoms with Crippen LogP contribution in [0.15, 0.2) is 48.0 Å². The van der Waals surface area contributed by atoms with E-state index < -0.39 is 0 Å². The summed E-state index contributed by atoms with van der Waals surface area (Å²) in [7, 11) is 0. The average Bonchev–Trinajstić information content (AvgIpc) is 2.77. The first-order valence-electron chi connectivity index (χ1n) is 4.07. The maximum atomic E-state index is 11.6. The second-order valence-electron chi connectivity index (χ2n) is 2.85. The molecule has 2 nitrogen and oxygen atoms in total. The van der Waals surface area contributed by atoms with Gasteiger partial charge in [-0.3, -0.25) is 0 Å². The van der Waals surface area contributed by atoms with Gasteiger partial charge in [0.2, 0.25) is 0 Å². The van der Waals surface area contributed by atoms with Crippen molar-refractivity contribution in [1.29, 1.82) is 0 Å². The molecule has 2 aliphatic rings. The van der Waals surface area contributed by atoms with E-state index in [0.717, 1.165) is 18.5 Å². The summed E-state index contributed by atoms with van der Waals surface area (Å²) >= 11 is 0. The van der Waals surface area contributed by atoms with Crippen LogP contribution in [0.3, 0.4) is 0 Å². The van der Waals surface area contributed by atoms with Crippen molar-refractivity contribution in [3.8, 4) is 0 Å². The highest BCUT2D eigenvalue weighted by molar-refractivity contribution is 5.41. The Hall–Kier alpha value is -1.44. The van der Waals surface area contributed by atoms with Gasteiger partial charge in [0.15, 0.2) is 0 Å². The second-order valence-corrected chi connectivity index (χ2v) is 2.85. The molecule has 62 valence electrons. The van der Waals surface area contributed by atoms with E-state index in [0.29, 0.717) is 0 Å². The lowest BCUT2D eigenvalue weighted by Gasteiger charge is -2.25. The monoisotopic (exact) mass is 160 g/mol. The SMILES string of the molecule is [O-]C(=C1C=CC=C1)N1C=CCC1. The van der Waals surface area contributed by atoms with Crippen LogP contribution in [-0.2, 0) is 0 Å². The summed E-state index contributed by atoms with van der Waals surface area (Å²) in [5.41, 5.74) is 0.779. The molecule has 0 bridgehead atoms. The third kappa shape index (κ3) is 1.16. The summed E-state index contributed by atoms with van der Waals surface area (Å²) < 4.78 is 0. The Balaban J connectivity index is 2.22. The zero-order valence-corrected chi connectivity index (χ0v) is 6.73. The third-order valence-corrected chi connectivity index (χ3v) is 1.99. The molecule has 0 saturated carbocycles. The molecule has 0 radical (unpaired) electrons. The van der Waals surface area contributed by atoms with E-state index in [1.807, 2.05) is 36.6 Å². The van der Waals surface area contributed by atoms with Crippen LogP contribution >= 0.6 is 0 Å². The molecular formula is C10H10NO-. The van der Waals surface area contributed by atoms with Gasteiger partial charge in [0, 0.05) is 6.54 Å². The van der Waals surface area contributed by atoms with Gasteiger partial charge in [-0.1, -0.05) is 30.4 Å². The van der Waals surface area contributed by atoms with Gasteiger partial charge in [0.25, 0.3) is 0 Å². The van der Waals surface area contributed by atoms with Gasteiger partial charge >= 0.3 is 0 Å². The standard InChI is InChI=1S/C10H11NO/c12-10(9-5-1-2-6-9)11-7-3-4-8-11/h1-3,5-7,12H,4,8H2/p-1. The van der Waals surface area contributed by atoms with Crippen LogP contribution in [-0.4, -0.2) is 11.4 Å². The summed E-state index contributed by atoms with van der Waals surface area (Å²) in [5, 5.41) is 11.6. The fourth-order valence-electron chi connectivity index (χ4n) is 1.34. The zero-order valence-electron chi connectivity index (χ0n) is 6.73. The van der Waals surface area contributed by atoms with Crippen LogP contribution in [0.4, 0.5) is 0 Å². The summed E-state index contributed by atoms with van der Waals surface area (Å²) in [5.74, 6) is 0.105. The molecule has 2 heteroatoms. The Morgan fingerprint density at radius 2 is 2.08 bits per heavy atom. The zero-order chi connectivity index (χ0) is 8.39. The molecule has 1 aliphatic heterocycles. The Morgan fingerprint density at radius 1 is 1.33 bits per heavy atom. The van der Waals surface area contributed by atoms with Gasteiger partial charge in [-0.25, -0.2) is 0 Å². The van der Waals surface area contributed by atoms with Gasteiger partial charge in [-0.15, -0.1) is 0 Å². The van der Waals surface area contributed by atoms with Crippen LogP contribution in [0, 0.1) is 0 Å². The van der Waals surface area contributed by atoms with E-state index in [-0.39, 0.29) is 5.88 Å². The predicted octanol–water partition coefficient (Wildman–Crippen LogP) is 0.904. The van der Waals surface area contributed by atoms with Crippen LogP contribution in [0.1, 0.15) is 6.42 Å². The average molecular weight is 160 g/mol. The Bertz CT molecular complexity index is 283. The van der Waals surface area contributed by atoms with E-state index in [2.05, 4.69) is 0 Å². The van der Waals surface area contributed by atoms with Crippen LogP contribution in [0.2, 0.25) is 0 Å². The molecule has 2 rings (SSSR count). The third-order valence-electron chi connectivity index (χ3n) is 1.99. The predicted molar refractivity (Wildman–Crippen MR) is 45.8 cm³/mol. The van der Waals surface area contributed by atoms with Crippen LogP contribution in [0.25, 0.3) is 0 Å². The van der Waals surface area contributed by atoms with E-state index in [9.17, 15) is 5.11 Å². The molecule has 1 aliphatic carbocycles. The summed E-state index contributed by atoms with van der Waals surface area (Å²) in [4.78, 5) is 1.75. The topological polar surface area (TPSA) is 26.3 Å². The lowest BCUT2D eigenvalue weighted by Crippen LogP contribution is -2.24. The van der Waals surface area contributed by atoms with Gasteiger partial charge < -0.3 is 10.0 Å². The molecule has 0 fully saturated rings. The van der Waals surface area contributed by atoms with Crippen molar-refractivity contribution in [3.63, 3.8) is 0 Å². The van der Waals surface area contributed by atoms with Crippen molar-refractivity contribution in [3.05, 3.63) is 48.0 Å². The van der Waals surface area contributed by atoms with Crippen molar-refractivity contribution in [1.82, 2.24) is 4.90 Å². The van der Waals surface area contributed by atoms with E-state index >= 15 is 0 Å². The molecular weight excluding hydrogens is 150 g/mol. The molecule has 0 saturated heterocycles. The number of hydrogen-bond acceptors (Lipinski definition) is 2. The minimum atomic E-state index is 0.105. The summed E-state index contributed by atoms with van der Waals surface area (Å²) in [6.45, 7) is 0.823. The maximum absolute atomic E-state index is 11.6. The highest BCUT2D eigenvalue weighted by atomic mass is 16.3. The largest absolute Gasteiger partial charge is 0.860 e. The van der Waals surface area contributed by atoms with Gasteiger partial charge in [-0.2, -0.15) is 0 Å². The molecule has 0 aromatic rings. The van der Waals surface area contributed by atoms with E-state index in [1.54, 1.807) is 4.90 Å². The first-order chi connectivity index (χ1) is 5.88. The van der Waals surface area contributed by atoms with Crippen molar-refractivity contribution in [2.24, 2.45) is 0 Å². The van der Waals surface area contributed by atoms with Crippen molar-refractivity contribution < 1.29 is 5.11 Å². The molecule has 0 N–H and O–H groups in total. The molecule has 0 spiro atoms. The number of rotatable bonds is 1. The second kappa shape index (κ2) is 2.89. The van der Waals surface area contributed by atoms with Gasteiger partial charge in [-0.05, 0) is 24.1 Å². The normalized spacial score (nSPS) is 19.7. The lowest BCUT2D eigenvalue weighted by atomic mass is 10.3. The minimum Gasteiger partial charge on any atom is -0.860 e. The molecule has 0 aromatic carbocycles. The molecule has 12 heavy (non-hydrogen) atoms. The maximum Gasteiger partial charge on any atom is 0.0248 e. The van der Waals surface area contributed by atoms with Crippen LogP contribution < -0.4 is 5.11 Å². The fraction of sp³-hybridized carbons (Fsp3) is 0.200. The quantitative estimate of drug-likeness (QED) is 0.533. The molecule has 0 amide bonds. The first-order valence-corrected chi connectivity index (χ1v) is 4.07. The number of nitrogens with zero attached hydrogens (tertiary/aromatic N) is 1. The number of hydrogen-bond donors (Lipinski definition) is 0. The fourth-order valence-corrected chi connectivity index (χ4v) is 1.34. The summed E-state index contributed by atoms with van der Waals surface area (Å²) in [6.07, 6.45) is 12.3. The number of allylic oxidation sites excluding steroid dienone is 5. The smallest absolute Gasteiger partial charge is 0.0248 e. The molecule has 0 aromatic heterocycles. The van der Waals surface area contributed by atoms with Crippen LogP contribution in [0.5, 0.6) is 0 Å². The van der Waals surface area contributed by atoms with Gasteiger partial charge in [0.05, 0.1) is 0 Å². The van der Waals surface area contributed by atoms with E-state index in [1.165, 1.54) is 0 Å². The highest BCUT2D eigenvalue weighted by Gasteiger charge is 2.05. The molecule has 0 unspecified atom stereocenters. The minimum absolute atomic E-state index is 0.105. The lowest BCUT2D eigenvalue weighted by molar-refractivity contribution is -0.328. The highest BCUT2D eigenvalue weighted by Crippen LogP contribution is 2.16. The van der Waals surface area contributed by atoms with Crippen molar-refractivity contribution in [2.75, 3.05) is 6.54 Å². The molecule has 0 atom stereocenters. The van der Waals surface area contributed by atoms with Crippen molar-refractivity contribution >= 4 is 0 Å². The Morgan fingerprint density at radius 3 is 2.67 bits per heavy atom. The van der Waals surface area contributed by atoms with Crippen molar-refractivity contribution in [2.45, 2.75) is 6.42 Å². The summed E-state index contributed by atoms with van der Waals surface area (Å²) in [6, 6.07) is 0. The molecule has 1 heterocycles. The van der Waals surface area contributed by atoms with E-state index in [4.69, 9.17) is 0 Å². The van der Waals surface area contributed by atoms with Gasteiger partial charge in [0.1, 0.15) is 0 Å². The Labute approximate surface area is 71.8 Å². The first kappa shape index (κ1) is 7.22.